The van der Waals surface area contributed by atoms with E-state index in [1.54, 1.807) is 0 Å². The van der Waals surface area contributed by atoms with E-state index in [1.165, 1.54) is 10.8 Å². The van der Waals surface area contributed by atoms with E-state index in [2.05, 4.69) is 18.6 Å². The molecule has 7 heteroatoms. The normalized spacial score (nSPS) is 12.2. The van der Waals surface area contributed by atoms with Crippen LogP contribution in [0, 0.1) is 22.0 Å². The van der Waals surface area contributed by atoms with E-state index in [-0.39, 0.29) is 17.2 Å². The van der Waals surface area contributed by atoms with Crippen LogP contribution in [0.4, 0.5) is 5.69 Å². The second kappa shape index (κ2) is 7.01. The third-order valence-electron chi connectivity index (χ3n) is 3.07. The third kappa shape index (κ3) is 4.40. The van der Waals surface area contributed by atoms with Crippen LogP contribution in [0.25, 0.3) is 0 Å². The largest absolute Gasteiger partial charge is 0.465 e. The van der Waals surface area contributed by atoms with Gasteiger partial charge in [0.1, 0.15) is 5.56 Å². The van der Waals surface area contributed by atoms with Gasteiger partial charge in [-0.15, -0.1) is 0 Å². The maximum atomic E-state index is 12.2. The Bertz CT molecular complexity index is 592. The SMILES string of the molecule is COC(=O)c1cc([N+](=O)[O-])cn(C[C@H](C)CC(C)C)c1=O. The molecule has 0 fully saturated rings. The van der Waals surface area contributed by atoms with E-state index in [0.29, 0.717) is 12.5 Å². The van der Waals surface area contributed by atoms with Crippen molar-refractivity contribution in [3.63, 3.8) is 0 Å². The highest BCUT2D eigenvalue weighted by Gasteiger charge is 2.20. The van der Waals surface area contributed by atoms with E-state index in [1.807, 2.05) is 6.92 Å². The minimum absolute atomic E-state index is 0.162. The molecule has 21 heavy (non-hydrogen) atoms. The van der Waals surface area contributed by atoms with Crippen molar-refractivity contribution in [1.82, 2.24) is 4.57 Å². The van der Waals surface area contributed by atoms with Crippen LogP contribution in [0.1, 0.15) is 37.6 Å². The first-order valence-corrected chi connectivity index (χ1v) is 6.73. The Kier molecular flexibility index (Phi) is 5.63. The predicted molar refractivity (Wildman–Crippen MR) is 77.3 cm³/mol. The van der Waals surface area contributed by atoms with Gasteiger partial charge in [-0.1, -0.05) is 20.8 Å². The second-order valence-corrected chi connectivity index (χ2v) is 5.55. The Morgan fingerprint density at radius 3 is 2.52 bits per heavy atom. The number of aromatic nitrogens is 1. The highest BCUT2D eigenvalue weighted by Crippen LogP contribution is 2.15. The average molecular weight is 296 g/mol. The Morgan fingerprint density at radius 2 is 2.05 bits per heavy atom. The van der Waals surface area contributed by atoms with Crippen LogP contribution in [-0.4, -0.2) is 22.6 Å². The quantitative estimate of drug-likeness (QED) is 0.456. The number of carbonyl (C=O) groups is 1. The average Bonchev–Trinajstić information content (AvgIpc) is 2.38. The lowest BCUT2D eigenvalue weighted by Gasteiger charge is -2.15. The van der Waals surface area contributed by atoms with Gasteiger partial charge in [0, 0.05) is 12.6 Å². The first-order chi connectivity index (χ1) is 9.76. The maximum absolute atomic E-state index is 12.2. The number of ether oxygens (including phenoxy) is 1. The molecule has 1 atom stereocenters. The smallest absolute Gasteiger partial charge is 0.343 e. The molecular weight excluding hydrogens is 276 g/mol. The summed E-state index contributed by atoms with van der Waals surface area (Å²) in [6, 6.07) is 0.956. The number of hydrogen-bond acceptors (Lipinski definition) is 5. The monoisotopic (exact) mass is 296 g/mol. The molecule has 0 N–H and O–H groups in total. The summed E-state index contributed by atoms with van der Waals surface area (Å²) in [4.78, 5) is 34.1. The molecule has 0 spiro atoms. The molecule has 0 amide bonds. The van der Waals surface area contributed by atoms with Crippen molar-refractivity contribution < 1.29 is 14.5 Å². The van der Waals surface area contributed by atoms with Gasteiger partial charge >= 0.3 is 5.97 Å². The van der Waals surface area contributed by atoms with Gasteiger partial charge in [0.05, 0.1) is 18.2 Å². The predicted octanol–water partition coefficient (Wildman–Crippen LogP) is 2.23. The summed E-state index contributed by atoms with van der Waals surface area (Å²) < 4.78 is 5.72. The van der Waals surface area contributed by atoms with Crippen LogP contribution in [0.15, 0.2) is 17.1 Å². The van der Waals surface area contributed by atoms with E-state index in [9.17, 15) is 19.7 Å². The molecule has 1 aromatic rings. The van der Waals surface area contributed by atoms with Crippen molar-refractivity contribution in [2.75, 3.05) is 7.11 Å². The molecule has 0 saturated carbocycles. The molecule has 0 radical (unpaired) electrons. The van der Waals surface area contributed by atoms with Gasteiger partial charge in [0.2, 0.25) is 0 Å². The topological polar surface area (TPSA) is 91.4 Å². The van der Waals surface area contributed by atoms with Crippen molar-refractivity contribution in [3.05, 3.63) is 38.3 Å². The van der Waals surface area contributed by atoms with Gasteiger partial charge in [0.15, 0.2) is 0 Å². The molecule has 0 aliphatic carbocycles. The van der Waals surface area contributed by atoms with E-state index in [0.717, 1.165) is 19.6 Å². The fourth-order valence-electron chi connectivity index (χ4n) is 2.33. The molecule has 1 heterocycles. The summed E-state index contributed by atoms with van der Waals surface area (Å²) in [6.07, 6.45) is 2.05. The molecular formula is C14H20N2O5. The summed E-state index contributed by atoms with van der Waals surface area (Å²) in [5.41, 5.74) is -1.18. The molecule has 0 aliphatic rings. The Labute approximate surface area is 122 Å². The first-order valence-electron chi connectivity index (χ1n) is 6.73. The van der Waals surface area contributed by atoms with Crippen LogP contribution in [0.3, 0.4) is 0 Å². The summed E-state index contributed by atoms with van der Waals surface area (Å²) in [7, 11) is 1.13. The molecule has 0 aromatic carbocycles. The van der Waals surface area contributed by atoms with Crippen molar-refractivity contribution in [2.45, 2.75) is 33.7 Å². The minimum atomic E-state index is -0.867. The van der Waals surface area contributed by atoms with E-state index < -0.39 is 16.5 Å². The van der Waals surface area contributed by atoms with Crippen molar-refractivity contribution in [3.8, 4) is 0 Å². The van der Waals surface area contributed by atoms with Crippen molar-refractivity contribution >= 4 is 11.7 Å². The Morgan fingerprint density at radius 1 is 1.43 bits per heavy atom. The zero-order valence-electron chi connectivity index (χ0n) is 12.7. The molecule has 0 unspecified atom stereocenters. The summed E-state index contributed by atoms with van der Waals surface area (Å²) in [6.45, 7) is 6.41. The summed E-state index contributed by atoms with van der Waals surface area (Å²) in [5.74, 6) is -0.251. The van der Waals surface area contributed by atoms with Gasteiger partial charge < -0.3 is 9.30 Å². The number of rotatable bonds is 6. The highest BCUT2D eigenvalue weighted by molar-refractivity contribution is 5.89. The summed E-state index contributed by atoms with van der Waals surface area (Å²) in [5, 5.41) is 10.9. The van der Waals surface area contributed by atoms with E-state index >= 15 is 0 Å². The lowest BCUT2D eigenvalue weighted by molar-refractivity contribution is -0.385. The number of nitro groups is 1. The lowest BCUT2D eigenvalue weighted by atomic mass is 9.99. The van der Waals surface area contributed by atoms with Crippen LogP contribution >= 0.6 is 0 Å². The molecule has 1 rings (SSSR count). The lowest BCUT2D eigenvalue weighted by Crippen LogP contribution is -2.29. The molecule has 0 saturated heterocycles. The number of carbonyl (C=O) groups excluding carboxylic acids is 1. The fourth-order valence-corrected chi connectivity index (χ4v) is 2.33. The van der Waals surface area contributed by atoms with Crippen LogP contribution in [0.2, 0.25) is 0 Å². The molecule has 7 nitrogen and oxygen atoms in total. The Balaban J connectivity index is 3.24. The fraction of sp³-hybridized carbons (Fsp3) is 0.571. The van der Waals surface area contributed by atoms with Gasteiger partial charge in [-0.05, 0) is 18.3 Å². The number of hydrogen-bond donors (Lipinski definition) is 0. The number of nitrogens with zero attached hydrogens (tertiary/aromatic N) is 2. The van der Waals surface area contributed by atoms with Gasteiger partial charge in [-0.3, -0.25) is 14.9 Å². The van der Waals surface area contributed by atoms with Crippen LogP contribution < -0.4 is 5.56 Å². The van der Waals surface area contributed by atoms with Crippen molar-refractivity contribution in [1.29, 1.82) is 0 Å². The third-order valence-corrected chi connectivity index (χ3v) is 3.07. The second-order valence-electron chi connectivity index (χ2n) is 5.55. The zero-order chi connectivity index (χ0) is 16.2. The van der Waals surface area contributed by atoms with Crippen LogP contribution in [-0.2, 0) is 11.3 Å². The number of pyridine rings is 1. The minimum Gasteiger partial charge on any atom is -0.465 e. The standard InChI is InChI=1S/C14H20N2O5/c1-9(2)5-10(3)7-15-8-11(16(19)20)6-12(13(15)17)14(18)21-4/h6,8-10H,5,7H2,1-4H3/t10-/m1/s1. The highest BCUT2D eigenvalue weighted by atomic mass is 16.6. The number of methoxy groups -OCH3 is 1. The molecule has 0 bridgehead atoms. The van der Waals surface area contributed by atoms with Gasteiger partial charge in [0.25, 0.3) is 11.2 Å². The van der Waals surface area contributed by atoms with E-state index in [4.69, 9.17) is 0 Å². The van der Waals surface area contributed by atoms with Crippen molar-refractivity contribution in [2.24, 2.45) is 11.8 Å². The van der Waals surface area contributed by atoms with Gasteiger partial charge in [-0.2, -0.15) is 0 Å². The van der Waals surface area contributed by atoms with Gasteiger partial charge in [-0.25, -0.2) is 4.79 Å². The Hall–Kier alpha value is -2.18. The number of esters is 1. The molecule has 116 valence electrons. The summed E-state index contributed by atoms with van der Waals surface area (Å²) >= 11 is 0. The molecule has 0 aliphatic heterocycles. The zero-order valence-corrected chi connectivity index (χ0v) is 12.7. The first kappa shape index (κ1) is 16.9. The van der Waals surface area contributed by atoms with Crippen LogP contribution in [0.5, 0.6) is 0 Å². The maximum Gasteiger partial charge on any atom is 0.343 e. The molecule has 1 aromatic heterocycles.